The normalized spacial score (nSPS) is 21.3. The van der Waals surface area contributed by atoms with E-state index in [1.807, 2.05) is 6.08 Å². The molecule has 2 rings (SSSR count). The Bertz CT molecular complexity index is 725. The van der Waals surface area contributed by atoms with Gasteiger partial charge in [0.2, 0.25) is 0 Å². The Labute approximate surface area is 157 Å². The molecule has 0 radical (unpaired) electrons. The molecule has 0 spiro atoms. The number of allylic oxidation sites excluding steroid dienone is 1. The van der Waals surface area contributed by atoms with Crippen molar-refractivity contribution in [3.63, 3.8) is 0 Å². The second kappa shape index (κ2) is 7.66. The summed E-state index contributed by atoms with van der Waals surface area (Å²) >= 11 is 0. The molecule has 2 atom stereocenters. The van der Waals surface area contributed by atoms with Crippen molar-refractivity contribution in [1.29, 1.82) is 0 Å². The molecular formula is C19H33N3O3Si. The maximum Gasteiger partial charge on any atom is 0.350 e. The number of aromatic nitrogens is 2. The van der Waals surface area contributed by atoms with Crippen molar-refractivity contribution >= 4 is 14.1 Å². The topological polar surface area (TPSA) is 90.4 Å². The summed E-state index contributed by atoms with van der Waals surface area (Å²) in [5, 5.41) is 9.90. The van der Waals surface area contributed by atoms with Gasteiger partial charge in [-0.2, -0.15) is 4.98 Å². The van der Waals surface area contributed by atoms with E-state index in [0.717, 1.165) is 12.0 Å². The number of aliphatic hydroxyl groups excluding tert-OH is 1. The lowest BCUT2D eigenvalue weighted by Gasteiger charge is -2.43. The van der Waals surface area contributed by atoms with Gasteiger partial charge in [0.15, 0.2) is 8.32 Å². The number of rotatable bonds is 7. The molecule has 0 aliphatic heterocycles. The highest BCUT2D eigenvalue weighted by Gasteiger charge is 2.44. The molecule has 0 fully saturated rings. The Morgan fingerprint density at radius 3 is 2.65 bits per heavy atom. The van der Waals surface area contributed by atoms with Crippen LogP contribution in [0.2, 0.25) is 18.1 Å². The van der Waals surface area contributed by atoms with Crippen molar-refractivity contribution in [3.05, 3.63) is 34.4 Å². The van der Waals surface area contributed by atoms with Gasteiger partial charge in [0, 0.05) is 18.7 Å². The first-order chi connectivity index (χ1) is 12.0. The van der Waals surface area contributed by atoms with Crippen LogP contribution in [-0.2, 0) is 4.43 Å². The summed E-state index contributed by atoms with van der Waals surface area (Å²) in [5.74, 6) is 0.871. The third-order valence-corrected chi connectivity index (χ3v) is 11.1. The van der Waals surface area contributed by atoms with E-state index in [9.17, 15) is 9.90 Å². The van der Waals surface area contributed by atoms with Gasteiger partial charge in [-0.15, -0.1) is 0 Å². The first kappa shape index (κ1) is 20.9. The molecule has 0 bridgehead atoms. The fourth-order valence-corrected chi connectivity index (χ4v) is 5.69. The van der Waals surface area contributed by atoms with Crippen molar-refractivity contribution < 1.29 is 9.53 Å². The smallest absolute Gasteiger partial charge is 0.350 e. The van der Waals surface area contributed by atoms with Crippen LogP contribution in [0.3, 0.4) is 0 Å². The molecule has 3 N–H and O–H groups in total. The predicted octanol–water partition coefficient (Wildman–Crippen LogP) is 2.96. The standard InChI is InChI=1S/C19H33N3O3Si/c1-13(2)19(3,4)26(5,6)25-12-15-10-16(9-14(15)11-23)22-8-7-17(20)21-18(22)24/h7-9,13,15-16,23H,10-12H2,1-6H3,(H2,20,21,24)/t15-,16+/m1/s1. The number of hydrogen-bond donors (Lipinski definition) is 2. The number of nitrogen functional groups attached to an aromatic ring is 1. The number of nitrogens with zero attached hydrogens (tertiary/aromatic N) is 2. The summed E-state index contributed by atoms with van der Waals surface area (Å²) in [5.41, 5.74) is 6.15. The van der Waals surface area contributed by atoms with Gasteiger partial charge in [0.25, 0.3) is 0 Å². The van der Waals surface area contributed by atoms with Crippen LogP contribution in [0.5, 0.6) is 0 Å². The summed E-state index contributed by atoms with van der Waals surface area (Å²) in [6.07, 6.45) is 4.37. The van der Waals surface area contributed by atoms with Crippen LogP contribution in [-0.4, -0.2) is 36.2 Å². The molecule has 1 aromatic rings. The highest BCUT2D eigenvalue weighted by Crippen LogP contribution is 2.45. The van der Waals surface area contributed by atoms with Gasteiger partial charge in [-0.1, -0.05) is 33.8 Å². The van der Waals surface area contributed by atoms with Gasteiger partial charge in [-0.05, 0) is 42.1 Å². The van der Waals surface area contributed by atoms with Crippen molar-refractivity contribution in [1.82, 2.24) is 9.55 Å². The van der Waals surface area contributed by atoms with Gasteiger partial charge < -0.3 is 15.3 Å². The van der Waals surface area contributed by atoms with Crippen LogP contribution in [0.1, 0.15) is 40.2 Å². The van der Waals surface area contributed by atoms with Gasteiger partial charge in [-0.25, -0.2) is 4.79 Å². The molecule has 6 nitrogen and oxygen atoms in total. The van der Waals surface area contributed by atoms with Gasteiger partial charge in [0.05, 0.1) is 12.6 Å². The Morgan fingerprint density at radius 1 is 1.46 bits per heavy atom. The number of hydrogen-bond acceptors (Lipinski definition) is 5. The minimum absolute atomic E-state index is 0.0166. The summed E-state index contributed by atoms with van der Waals surface area (Å²) in [4.78, 5) is 15.9. The highest BCUT2D eigenvalue weighted by molar-refractivity contribution is 6.74. The van der Waals surface area contributed by atoms with E-state index in [0.29, 0.717) is 12.5 Å². The lowest BCUT2D eigenvalue weighted by Crippen LogP contribution is -2.46. The summed E-state index contributed by atoms with van der Waals surface area (Å²) in [6.45, 7) is 14.1. The molecule has 146 valence electrons. The fraction of sp³-hybridized carbons (Fsp3) is 0.684. The Balaban J connectivity index is 2.12. The minimum Gasteiger partial charge on any atom is -0.416 e. The van der Waals surface area contributed by atoms with E-state index in [1.165, 1.54) is 0 Å². The van der Waals surface area contributed by atoms with Crippen LogP contribution in [0, 0.1) is 11.8 Å². The molecule has 0 amide bonds. The molecule has 1 heterocycles. The molecule has 0 saturated heterocycles. The van der Waals surface area contributed by atoms with E-state index in [1.54, 1.807) is 16.8 Å². The summed E-state index contributed by atoms with van der Waals surface area (Å²) in [6, 6.07) is 1.51. The second-order valence-electron chi connectivity index (χ2n) is 8.64. The molecule has 1 aliphatic carbocycles. The molecule has 1 aromatic heterocycles. The lowest BCUT2D eigenvalue weighted by molar-refractivity contribution is 0.214. The first-order valence-electron chi connectivity index (χ1n) is 9.29. The van der Waals surface area contributed by atoms with Crippen LogP contribution in [0.15, 0.2) is 28.7 Å². The average Bonchev–Trinajstić information content (AvgIpc) is 2.95. The molecule has 0 aromatic carbocycles. The van der Waals surface area contributed by atoms with E-state index in [-0.39, 0.29) is 35.1 Å². The van der Waals surface area contributed by atoms with E-state index in [4.69, 9.17) is 10.2 Å². The first-order valence-corrected chi connectivity index (χ1v) is 12.2. The Morgan fingerprint density at radius 2 is 2.12 bits per heavy atom. The zero-order valence-electron chi connectivity index (χ0n) is 16.8. The van der Waals surface area contributed by atoms with Crippen molar-refractivity contribution in [3.8, 4) is 0 Å². The summed E-state index contributed by atoms with van der Waals surface area (Å²) in [7, 11) is -1.93. The van der Waals surface area contributed by atoms with Gasteiger partial charge in [-0.3, -0.25) is 4.57 Å². The van der Waals surface area contributed by atoms with E-state index < -0.39 is 8.32 Å². The Kier molecular flexibility index (Phi) is 6.15. The average molecular weight is 380 g/mol. The van der Waals surface area contributed by atoms with Crippen molar-refractivity contribution in [2.45, 2.75) is 58.3 Å². The van der Waals surface area contributed by atoms with E-state index in [2.05, 4.69) is 45.8 Å². The zero-order valence-corrected chi connectivity index (χ0v) is 17.8. The lowest BCUT2D eigenvalue weighted by atomic mass is 9.99. The third kappa shape index (κ3) is 4.10. The molecule has 7 heteroatoms. The minimum atomic E-state index is -1.93. The number of anilines is 1. The second-order valence-corrected chi connectivity index (χ2v) is 13.2. The van der Waals surface area contributed by atoms with Crippen LogP contribution >= 0.6 is 0 Å². The molecule has 1 aliphatic rings. The maximum atomic E-state index is 12.1. The third-order valence-electron chi connectivity index (χ3n) is 6.49. The molecule has 0 saturated carbocycles. The Hall–Kier alpha value is -1.44. The summed E-state index contributed by atoms with van der Waals surface area (Å²) < 4.78 is 8.05. The zero-order chi connectivity index (χ0) is 19.7. The van der Waals surface area contributed by atoms with Gasteiger partial charge >= 0.3 is 5.69 Å². The molecule has 0 unspecified atom stereocenters. The van der Waals surface area contributed by atoms with Crippen LogP contribution < -0.4 is 11.4 Å². The van der Waals surface area contributed by atoms with Gasteiger partial charge in [0.1, 0.15) is 5.82 Å². The van der Waals surface area contributed by atoms with Crippen molar-refractivity contribution in [2.24, 2.45) is 11.8 Å². The largest absolute Gasteiger partial charge is 0.416 e. The highest BCUT2D eigenvalue weighted by atomic mass is 28.4. The van der Waals surface area contributed by atoms with Crippen LogP contribution in [0.4, 0.5) is 5.82 Å². The predicted molar refractivity (Wildman–Crippen MR) is 108 cm³/mol. The van der Waals surface area contributed by atoms with E-state index >= 15 is 0 Å². The maximum absolute atomic E-state index is 12.1. The number of aliphatic hydroxyl groups is 1. The van der Waals surface area contributed by atoms with Crippen LogP contribution in [0.25, 0.3) is 0 Å². The monoisotopic (exact) mass is 379 g/mol. The number of nitrogens with two attached hydrogens (primary N) is 1. The fourth-order valence-electron chi connectivity index (χ4n) is 3.31. The SMILES string of the molecule is CC(C)C(C)(C)[Si](C)(C)OC[C@H]1C[C@@H](n2ccc(N)nc2=O)C=C1CO. The van der Waals surface area contributed by atoms with Crippen molar-refractivity contribution in [2.75, 3.05) is 18.9 Å². The molecular weight excluding hydrogens is 346 g/mol. The quantitative estimate of drug-likeness (QED) is 0.561. The molecule has 26 heavy (non-hydrogen) atoms.